The van der Waals surface area contributed by atoms with Gasteiger partial charge in [-0.1, -0.05) is 24.0 Å². The molecule has 1 rings (SSSR count). The minimum atomic E-state index is 0.180. The molecule has 0 amide bonds. The van der Waals surface area contributed by atoms with Crippen molar-refractivity contribution in [2.24, 2.45) is 4.99 Å². The smallest absolute Gasteiger partial charge is 0.240 e. The average Bonchev–Trinajstić information content (AvgIpc) is 2.21. The predicted octanol–water partition coefficient (Wildman–Crippen LogP) is 1.59. The maximum atomic E-state index is 10.1. The maximum absolute atomic E-state index is 10.1. The highest BCUT2D eigenvalue weighted by Crippen LogP contribution is 2.16. The van der Waals surface area contributed by atoms with Gasteiger partial charge in [-0.05, 0) is 12.1 Å². The van der Waals surface area contributed by atoms with Gasteiger partial charge in [-0.25, -0.2) is 4.79 Å². The van der Waals surface area contributed by atoms with Gasteiger partial charge in [0.25, 0.3) is 0 Å². The van der Waals surface area contributed by atoms with Crippen LogP contribution >= 0.6 is 0 Å². The fourth-order valence-electron chi connectivity index (χ4n) is 0.914. The lowest BCUT2D eigenvalue weighted by atomic mass is 10.2. The first-order chi connectivity index (χ1) is 6.88. The number of isocyanates is 1. The SMILES string of the molecule is O=C=Nc1ccccc1C#CCC=O. The van der Waals surface area contributed by atoms with Crippen molar-refractivity contribution in [3.63, 3.8) is 0 Å². The number of benzene rings is 1. The van der Waals surface area contributed by atoms with Gasteiger partial charge in [0.15, 0.2) is 0 Å². The minimum absolute atomic E-state index is 0.180. The summed E-state index contributed by atoms with van der Waals surface area (Å²) in [5, 5.41) is 0. The van der Waals surface area contributed by atoms with E-state index in [9.17, 15) is 9.59 Å². The molecule has 0 unspecified atom stereocenters. The van der Waals surface area contributed by atoms with Gasteiger partial charge < -0.3 is 4.79 Å². The molecule has 14 heavy (non-hydrogen) atoms. The van der Waals surface area contributed by atoms with Crippen LogP contribution in [-0.4, -0.2) is 12.4 Å². The van der Waals surface area contributed by atoms with Crippen molar-refractivity contribution in [2.75, 3.05) is 0 Å². The highest BCUT2D eigenvalue weighted by Gasteiger charge is 1.94. The molecule has 0 aliphatic heterocycles. The van der Waals surface area contributed by atoms with Crippen LogP contribution in [0.2, 0.25) is 0 Å². The maximum Gasteiger partial charge on any atom is 0.240 e. The van der Waals surface area contributed by atoms with E-state index in [0.717, 1.165) is 6.29 Å². The van der Waals surface area contributed by atoms with Crippen LogP contribution in [0.1, 0.15) is 12.0 Å². The number of hydrogen-bond donors (Lipinski definition) is 0. The van der Waals surface area contributed by atoms with Gasteiger partial charge in [0.1, 0.15) is 6.29 Å². The average molecular weight is 185 g/mol. The van der Waals surface area contributed by atoms with Crippen LogP contribution < -0.4 is 0 Å². The number of aldehydes is 1. The Morgan fingerprint density at radius 3 is 2.86 bits per heavy atom. The summed E-state index contributed by atoms with van der Waals surface area (Å²) in [6.45, 7) is 0. The van der Waals surface area contributed by atoms with Crippen molar-refractivity contribution in [2.45, 2.75) is 6.42 Å². The molecule has 0 atom stereocenters. The molecule has 0 saturated heterocycles. The van der Waals surface area contributed by atoms with Crippen LogP contribution in [0.5, 0.6) is 0 Å². The second-order valence-electron chi connectivity index (χ2n) is 2.39. The minimum Gasteiger partial charge on any atom is -0.302 e. The zero-order chi connectivity index (χ0) is 10.2. The van der Waals surface area contributed by atoms with Crippen LogP contribution in [-0.2, 0) is 9.59 Å². The van der Waals surface area contributed by atoms with Crippen molar-refractivity contribution >= 4 is 18.1 Å². The Labute approximate surface area is 81.5 Å². The predicted molar refractivity (Wildman–Crippen MR) is 51.8 cm³/mol. The van der Waals surface area contributed by atoms with E-state index in [1.54, 1.807) is 24.3 Å². The molecule has 3 nitrogen and oxygen atoms in total. The standard InChI is InChI=1S/C11H7NO2/c13-8-4-3-6-10-5-1-2-7-11(10)12-9-14/h1-2,5,7-8H,4H2. The van der Waals surface area contributed by atoms with Gasteiger partial charge in [-0.15, -0.1) is 0 Å². The summed E-state index contributed by atoms with van der Waals surface area (Å²) in [5.41, 5.74) is 1.10. The first kappa shape index (κ1) is 9.91. The van der Waals surface area contributed by atoms with Crippen LogP contribution in [0.15, 0.2) is 29.3 Å². The fraction of sp³-hybridized carbons (Fsp3) is 0.0909. The number of aliphatic imine (C=N–C) groups is 1. The van der Waals surface area contributed by atoms with E-state index in [2.05, 4.69) is 16.8 Å². The number of nitrogens with zero attached hydrogens (tertiary/aromatic N) is 1. The summed E-state index contributed by atoms with van der Waals surface area (Å²) in [7, 11) is 0. The number of rotatable bonds is 2. The van der Waals surface area contributed by atoms with Crippen LogP contribution in [0.3, 0.4) is 0 Å². The van der Waals surface area contributed by atoms with Crippen LogP contribution in [0.25, 0.3) is 0 Å². The van der Waals surface area contributed by atoms with Gasteiger partial charge in [-0.2, -0.15) is 4.99 Å². The van der Waals surface area contributed by atoms with E-state index in [-0.39, 0.29) is 6.42 Å². The van der Waals surface area contributed by atoms with Gasteiger partial charge in [-0.3, -0.25) is 0 Å². The van der Waals surface area contributed by atoms with Crippen LogP contribution in [0, 0.1) is 11.8 Å². The van der Waals surface area contributed by atoms with E-state index in [1.165, 1.54) is 6.08 Å². The monoisotopic (exact) mass is 185 g/mol. The topological polar surface area (TPSA) is 46.5 Å². The highest BCUT2D eigenvalue weighted by atomic mass is 16.1. The summed E-state index contributed by atoms with van der Waals surface area (Å²) in [6, 6.07) is 6.93. The molecule has 0 aliphatic carbocycles. The second kappa shape index (κ2) is 5.47. The number of carbonyl (C=O) groups is 1. The molecule has 0 fully saturated rings. The Balaban J connectivity index is 3.02. The van der Waals surface area contributed by atoms with E-state index in [1.807, 2.05) is 0 Å². The van der Waals surface area contributed by atoms with Crippen molar-refractivity contribution in [3.05, 3.63) is 29.8 Å². The Kier molecular flexibility index (Phi) is 3.87. The zero-order valence-corrected chi connectivity index (χ0v) is 7.36. The molecule has 0 bridgehead atoms. The third-order valence-corrected chi connectivity index (χ3v) is 1.48. The molecule has 0 aliphatic rings. The third kappa shape index (κ3) is 2.71. The van der Waals surface area contributed by atoms with Crippen molar-refractivity contribution < 1.29 is 9.59 Å². The number of carbonyl (C=O) groups excluding carboxylic acids is 2. The van der Waals surface area contributed by atoms with Gasteiger partial charge >= 0.3 is 0 Å². The summed E-state index contributed by atoms with van der Waals surface area (Å²) < 4.78 is 0. The largest absolute Gasteiger partial charge is 0.302 e. The summed E-state index contributed by atoms with van der Waals surface area (Å²) in [6.07, 6.45) is 2.35. The highest BCUT2D eigenvalue weighted by molar-refractivity contribution is 5.61. The molecule has 0 N–H and O–H groups in total. The van der Waals surface area contributed by atoms with Gasteiger partial charge in [0.2, 0.25) is 6.08 Å². The summed E-state index contributed by atoms with van der Waals surface area (Å²) in [5.74, 6) is 5.39. The Morgan fingerprint density at radius 1 is 1.36 bits per heavy atom. The van der Waals surface area contributed by atoms with Gasteiger partial charge in [0.05, 0.1) is 17.7 Å². The summed E-state index contributed by atoms with van der Waals surface area (Å²) in [4.78, 5) is 23.6. The van der Waals surface area contributed by atoms with Crippen molar-refractivity contribution in [1.29, 1.82) is 0 Å². The second-order valence-corrected chi connectivity index (χ2v) is 2.39. The van der Waals surface area contributed by atoms with E-state index in [4.69, 9.17) is 0 Å². The molecular weight excluding hydrogens is 178 g/mol. The van der Waals surface area contributed by atoms with E-state index < -0.39 is 0 Å². The molecule has 0 spiro atoms. The van der Waals surface area contributed by atoms with Gasteiger partial charge in [0, 0.05) is 0 Å². The van der Waals surface area contributed by atoms with E-state index in [0.29, 0.717) is 11.3 Å². The van der Waals surface area contributed by atoms with Crippen molar-refractivity contribution in [1.82, 2.24) is 0 Å². The number of hydrogen-bond acceptors (Lipinski definition) is 3. The summed E-state index contributed by atoms with van der Waals surface area (Å²) >= 11 is 0. The Morgan fingerprint density at radius 2 is 2.14 bits per heavy atom. The molecular formula is C11H7NO2. The lowest BCUT2D eigenvalue weighted by Gasteiger charge is -1.93. The van der Waals surface area contributed by atoms with Crippen molar-refractivity contribution in [3.8, 4) is 11.8 Å². The molecule has 1 aromatic carbocycles. The lowest BCUT2D eigenvalue weighted by molar-refractivity contribution is -0.107. The Bertz CT molecular complexity index is 434. The molecule has 1 aromatic rings. The molecule has 0 radical (unpaired) electrons. The normalized spacial score (nSPS) is 8.00. The molecule has 3 heteroatoms. The zero-order valence-electron chi connectivity index (χ0n) is 7.36. The molecule has 68 valence electrons. The molecule has 0 heterocycles. The number of para-hydroxylation sites is 1. The molecule has 0 saturated carbocycles. The molecule has 0 aromatic heterocycles. The third-order valence-electron chi connectivity index (χ3n) is 1.48. The van der Waals surface area contributed by atoms with E-state index >= 15 is 0 Å². The quantitative estimate of drug-likeness (QED) is 0.304. The lowest BCUT2D eigenvalue weighted by Crippen LogP contribution is -1.75. The first-order valence-electron chi connectivity index (χ1n) is 3.98. The fourth-order valence-corrected chi connectivity index (χ4v) is 0.914. The first-order valence-corrected chi connectivity index (χ1v) is 3.98. The Hall–Kier alpha value is -2.17. The van der Waals surface area contributed by atoms with Crippen LogP contribution in [0.4, 0.5) is 5.69 Å².